The first-order valence-electron chi connectivity index (χ1n) is 7.14. The van der Waals surface area contributed by atoms with Crippen molar-refractivity contribution in [3.63, 3.8) is 0 Å². The Kier molecular flexibility index (Phi) is 4.53. The zero-order chi connectivity index (χ0) is 15.4. The summed E-state index contributed by atoms with van der Waals surface area (Å²) in [6, 6.07) is 11.9. The molecule has 1 aromatic carbocycles. The van der Waals surface area contributed by atoms with Gasteiger partial charge in [-0.25, -0.2) is 4.79 Å². The van der Waals surface area contributed by atoms with Gasteiger partial charge >= 0.3 is 6.09 Å². The van der Waals surface area contributed by atoms with Gasteiger partial charge in [-0.15, -0.1) is 5.10 Å². The zero-order valence-electron chi connectivity index (χ0n) is 12.0. The standard InChI is InChI=1S/C15H17N3O3S/c19-15(20)17-10-7-12(8-11-17)21-18-14(6-9-16-18)22-13-4-2-1-3-5-13/h1-6,9,12H,7-8,10-11H2,(H,19,20). The number of likely N-dealkylation sites (tertiary alicyclic amines) is 1. The molecule has 1 aliphatic rings. The van der Waals surface area contributed by atoms with Crippen molar-refractivity contribution >= 4 is 17.9 Å². The Bertz CT molecular complexity index is 624. The van der Waals surface area contributed by atoms with Gasteiger partial charge in [-0.3, -0.25) is 0 Å². The summed E-state index contributed by atoms with van der Waals surface area (Å²) >= 11 is 1.59. The number of carboxylic acid groups (broad SMARTS) is 1. The van der Waals surface area contributed by atoms with Crippen LogP contribution < -0.4 is 4.84 Å². The molecule has 0 spiro atoms. The molecule has 1 aromatic heterocycles. The highest BCUT2D eigenvalue weighted by atomic mass is 32.2. The largest absolute Gasteiger partial charge is 0.465 e. The van der Waals surface area contributed by atoms with Crippen LogP contribution in [0.15, 0.2) is 52.5 Å². The van der Waals surface area contributed by atoms with Crippen molar-refractivity contribution in [1.82, 2.24) is 14.8 Å². The van der Waals surface area contributed by atoms with Crippen molar-refractivity contribution in [2.24, 2.45) is 0 Å². The molecule has 1 amide bonds. The van der Waals surface area contributed by atoms with Crippen molar-refractivity contribution in [3.05, 3.63) is 42.6 Å². The van der Waals surface area contributed by atoms with Gasteiger partial charge in [0.1, 0.15) is 11.1 Å². The number of piperidine rings is 1. The first-order valence-corrected chi connectivity index (χ1v) is 7.96. The first-order chi connectivity index (χ1) is 10.7. The first kappa shape index (κ1) is 14.8. The van der Waals surface area contributed by atoms with E-state index in [1.165, 1.54) is 4.90 Å². The number of carbonyl (C=O) groups is 1. The summed E-state index contributed by atoms with van der Waals surface area (Å²) in [6.45, 7) is 1.00. The quantitative estimate of drug-likeness (QED) is 0.938. The molecule has 0 aliphatic carbocycles. The SMILES string of the molecule is O=C(O)N1CCC(On2nccc2Sc2ccccc2)CC1. The maximum atomic E-state index is 10.9. The highest BCUT2D eigenvalue weighted by Crippen LogP contribution is 2.26. The van der Waals surface area contributed by atoms with E-state index in [0.29, 0.717) is 25.9 Å². The summed E-state index contributed by atoms with van der Waals surface area (Å²) in [5.41, 5.74) is 0. The highest BCUT2D eigenvalue weighted by molar-refractivity contribution is 7.99. The van der Waals surface area contributed by atoms with Gasteiger partial charge < -0.3 is 14.8 Å². The van der Waals surface area contributed by atoms with E-state index in [1.807, 2.05) is 36.4 Å². The molecule has 1 aliphatic heterocycles. The van der Waals surface area contributed by atoms with Crippen LogP contribution in [0, 0.1) is 0 Å². The van der Waals surface area contributed by atoms with Gasteiger partial charge in [-0.1, -0.05) is 34.8 Å². The minimum Gasteiger partial charge on any atom is -0.465 e. The molecular formula is C15H17N3O3S. The Labute approximate surface area is 132 Å². The monoisotopic (exact) mass is 319 g/mol. The van der Waals surface area contributed by atoms with Gasteiger partial charge in [0.25, 0.3) is 0 Å². The van der Waals surface area contributed by atoms with E-state index >= 15 is 0 Å². The molecule has 1 N–H and O–H groups in total. The molecule has 0 unspecified atom stereocenters. The molecule has 2 aromatic rings. The van der Waals surface area contributed by atoms with Crippen LogP contribution in [0.25, 0.3) is 0 Å². The van der Waals surface area contributed by atoms with Crippen molar-refractivity contribution in [3.8, 4) is 0 Å². The van der Waals surface area contributed by atoms with Crippen molar-refractivity contribution < 1.29 is 14.7 Å². The van der Waals surface area contributed by atoms with Gasteiger partial charge in [0.05, 0.1) is 6.20 Å². The minimum absolute atomic E-state index is 0.00868. The zero-order valence-corrected chi connectivity index (χ0v) is 12.8. The van der Waals surface area contributed by atoms with E-state index in [4.69, 9.17) is 9.94 Å². The van der Waals surface area contributed by atoms with Gasteiger partial charge in [0, 0.05) is 30.8 Å². The van der Waals surface area contributed by atoms with Crippen molar-refractivity contribution in [2.75, 3.05) is 13.1 Å². The van der Waals surface area contributed by atoms with Crippen LogP contribution in [0.3, 0.4) is 0 Å². The van der Waals surface area contributed by atoms with Crippen LogP contribution in [-0.2, 0) is 0 Å². The second kappa shape index (κ2) is 6.74. The topological polar surface area (TPSA) is 67.6 Å². The summed E-state index contributed by atoms with van der Waals surface area (Å²) in [6.07, 6.45) is 2.20. The lowest BCUT2D eigenvalue weighted by Gasteiger charge is -2.29. The third kappa shape index (κ3) is 3.54. The number of rotatable bonds is 4. The third-order valence-electron chi connectivity index (χ3n) is 3.50. The van der Waals surface area contributed by atoms with Crippen LogP contribution in [-0.4, -0.2) is 45.2 Å². The number of benzene rings is 1. The Morgan fingerprint density at radius 3 is 2.64 bits per heavy atom. The van der Waals surface area contributed by atoms with E-state index in [0.717, 1.165) is 9.92 Å². The van der Waals surface area contributed by atoms with Gasteiger partial charge in [-0.05, 0) is 18.2 Å². The molecule has 1 saturated heterocycles. The smallest absolute Gasteiger partial charge is 0.407 e. The second-order valence-electron chi connectivity index (χ2n) is 5.03. The van der Waals surface area contributed by atoms with Crippen molar-refractivity contribution in [2.45, 2.75) is 28.9 Å². The van der Waals surface area contributed by atoms with Crippen LogP contribution in [0.1, 0.15) is 12.8 Å². The van der Waals surface area contributed by atoms with E-state index in [-0.39, 0.29) is 6.10 Å². The van der Waals surface area contributed by atoms with Crippen LogP contribution in [0.5, 0.6) is 0 Å². The van der Waals surface area contributed by atoms with Gasteiger partial charge in [-0.2, -0.15) is 0 Å². The minimum atomic E-state index is -0.863. The summed E-state index contributed by atoms with van der Waals surface area (Å²) in [5, 5.41) is 14.1. The predicted molar refractivity (Wildman–Crippen MR) is 82.0 cm³/mol. The van der Waals surface area contributed by atoms with Crippen molar-refractivity contribution in [1.29, 1.82) is 0 Å². The van der Waals surface area contributed by atoms with Gasteiger partial charge in [0.15, 0.2) is 0 Å². The number of aromatic nitrogens is 2. The average Bonchev–Trinajstić information content (AvgIpc) is 2.96. The molecule has 7 heteroatoms. The molecule has 116 valence electrons. The Morgan fingerprint density at radius 1 is 1.23 bits per heavy atom. The second-order valence-corrected chi connectivity index (χ2v) is 6.13. The number of amides is 1. The summed E-state index contributed by atoms with van der Waals surface area (Å²) in [7, 11) is 0. The predicted octanol–water partition coefficient (Wildman–Crippen LogP) is 2.61. The van der Waals surface area contributed by atoms with Crippen LogP contribution in [0.4, 0.5) is 4.79 Å². The molecule has 1 fully saturated rings. The lowest BCUT2D eigenvalue weighted by molar-refractivity contribution is -0.0277. The summed E-state index contributed by atoms with van der Waals surface area (Å²) in [5.74, 6) is 0. The molecule has 6 nitrogen and oxygen atoms in total. The van der Waals surface area contributed by atoms with Crippen LogP contribution in [0.2, 0.25) is 0 Å². The Hall–Kier alpha value is -2.15. The molecule has 0 atom stereocenters. The molecule has 2 heterocycles. The number of nitrogens with zero attached hydrogens (tertiary/aromatic N) is 3. The Balaban J connectivity index is 1.60. The van der Waals surface area contributed by atoms with E-state index < -0.39 is 6.09 Å². The van der Waals surface area contributed by atoms with E-state index in [9.17, 15) is 4.79 Å². The fourth-order valence-electron chi connectivity index (χ4n) is 2.33. The summed E-state index contributed by atoms with van der Waals surface area (Å²) < 4.78 is 0. The molecule has 22 heavy (non-hydrogen) atoms. The third-order valence-corrected chi connectivity index (χ3v) is 4.51. The molecular weight excluding hydrogens is 302 g/mol. The van der Waals surface area contributed by atoms with E-state index in [2.05, 4.69) is 5.10 Å². The number of hydrogen-bond acceptors (Lipinski definition) is 4. The molecule has 0 bridgehead atoms. The summed E-state index contributed by atoms with van der Waals surface area (Å²) in [4.78, 5) is 20.9. The average molecular weight is 319 g/mol. The van der Waals surface area contributed by atoms with Crippen LogP contribution >= 0.6 is 11.8 Å². The number of hydrogen-bond donors (Lipinski definition) is 1. The fourth-order valence-corrected chi connectivity index (χ4v) is 3.17. The molecule has 3 rings (SSSR count). The highest BCUT2D eigenvalue weighted by Gasteiger charge is 2.24. The maximum absolute atomic E-state index is 10.9. The molecule has 0 radical (unpaired) electrons. The maximum Gasteiger partial charge on any atom is 0.407 e. The lowest BCUT2D eigenvalue weighted by Crippen LogP contribution is -2.42. The van der Waals surface area contributed by atoms with Gasteiger partial charge in [0.2, 0.25) is 0 Å². The lowest BCUT2D eigenvalue weighted by atomic mass is 10.1. The normalized spacial score (nSPS) is 15.7. The fraction of sp³-hybridized carbons (Fsp3) is 0.333. The Morgan fingerprint density at radius 2 is 1.95 bits per heavy atom. The molecule has 0 saturated carbocycles. The van der Waals surface area contributed by atoms with E-state index in [1.54, 1.807) is 22.8 Å².